The van der Waals surface area contributed by atoms with E-state index in [9.17, 15) is 4.79 Å². The van der Waals surface area contributed by atoms with Crippen molar-refractivity contribution in [3.8, 4) is 6.01 Å². The van der Waals surface area contributed by atoms with Crippen LogP contribution >= 0.6 is 0 Å². The maximum atomic E-state index is 11.1. The van der Waals surface area contributed by atoms with Gasteiger partial charge in [0.05, 0.1) is 18.0 Å². The fourth-order valence-electron chi connectivity index (χ4n) is 4.59. The van der Waals surface area contributed by atoms with Crippen LogP contribution in [0, 0.1) is 11.3 Å². The molecule has 1 aliphatic rings. The van der Waals surface area contributed by atoms with Gasteiger partial charge in [0, 0.05) is 6.04 Å². The molecule has 1 saturated heterocycles. The Bertz CT molecular complexity index is 932. The first-order valence-electron chi connectivity index (χ1n) is 11.9. The molecule has 0 aromatic carbocycles. The number of rotatable bonds is 9. The molecule has 0 bridgehead atoms. The van der Waals surface area contributed by atoms with Crippen LogP contribution in [-0.2, 0) is 11.2 Å². The van der Waals surface area contributed by atoms with Gasteiger partial charge in [-0.25, -0.2) is 14.3 Å². The van der Waals surface area contributed by atoms with Gasteiger partial charge in [-0.05, 0) is 57.0 Å². The Morgan fingerprint density at radius 3 is 2.61 bits per heavy atom. The molecule has 1 unspecified atom stereocenters. The Balaban J connectivity index is 1.66. The number of carbonyl (C=O) groups is 1. The van der Waals surface area contributed by atoms with Crippen molar-refractivity contribution in [3.05, 3.63) is 11.9 Å². The lowest BCUT2D eigenvalue weighted by molar-refractivity contribution is 0.0180. The SMILES string of the molecule is CCCC(C)Oc1nc(N)c2ncc(CC3CCN([C@H](COC(N)=O)C(C)(C)C)CC3)n2n1. The summed E-state index contributed by atoms with van der Waals surface area (Å²) in [5.41, 5.74) is 12.9. The molecule has 0 saturated carbocycles. The summed E-state index contributed by atoms with van der Waals surface area (Å²) in [4.78, 5) is 22.3. The number of nitrogens with two attached hydrogens (primary N) is 2. The third kappa shape index (κ3) is 6.46. The second-order valence-corrected chi connectivity index (χ2v) is 10.2. The molecule has 1 aliphatic heterocycles. The molecule has 1 fully saturated rings. The number of fused-ring (bicyclic) bond motifs is 1. The fourth-order valence-corrected chi connectivity index (χ4v) is 4.59. The zero-order valence-corrected chi connectivity index (χ0v) is 20.6. The van der Waals surface area contributed by atoms with Gasteiger partial charge in [-0.3, -0.25) is 4.90 Å². The van der Waals surface area contributed by atoms with E-state index in [1.54, 1.807) is 4.52 Å². The maximum absolute atomic E-state index is 11.1. The quantitative estimate of drug-likeness (QED) is 0.582. The van der Waals surface area contributed by atoms with Crippen molar-refractivity contribution >= 4 is 17.6 Å². The second-order valence-electron chi connectivity index (χ2n) is 10.2. The molecule has 3 rings (SSSR count). The normalized spacial score (nSPS) is 17.7. The van der Waals surface area contributed by atoms with E-state index < -0.39 is 6.09 Å². The van der Waals surface area contributed by atoms with Crippen molar-refractivity contribution in [1.29, 1.82) is 0 Å². The lowest BCUT2D eigenvalue weighted by Crippen LogP contribution is -2.50. The number of primary amides is 1. The minimum atomic E-state index is -0.722. The number of nitrogen functional groups attached to an aromatic ring is 1. The van der Waals surface area contributed by atoms with Crippen LogP contribution in [0.1, 0.15) is 66.0 Å². The number of likely N-dealkylation sites (tertiary alicyclic amines) is 1. The van der Waals surface area contributed by atoms with E-state index >= 15 is 0 Å². The Morgan fingerprint density at radius 1 is 1.30 bits per heavy atom. The van der Waals surface area contributed by atoms with Crippen molar-refractivity contribution in [2.45, 2.75) is 78.9 Å². The van der Waals surface area contributed by atoms with Gasteiger partial charge in [-0.1, -0.05) is 34.1 Å². The van der Waals surface area contributed by atoms with Crippen LogP contribution in [0.2, 0.25) is 0 Å². The van der Waals surface area contributed by atoms with Crippen LogP contribution in [0.25, 0.3) is 5.65 Å². The molecule has 10 nitrogen and oxygen atoms in total. The Morgan fingerprint density at radius 2 is 2.00 bits per heavy atom. The van der Waals surface area contributed by atoms with Gasteiger partial charge in [-0.15, -0.1) is 5.10 Å². The third-order valence-electron chi connectivity index (χ3n) is 6.41. The Kier molecular flexibility index (Phi) is 7.99. The summed E-state index contributed by atoms with van der Waals surface area (Å²) in [6.45, 7) is 12.8. The summed E-state index contributed by atoms with van der Waals surface area (Å²) in [7, 11) is 0. The van der Waals surface area contributed by atoms with E-state index in [-0.39, 0.29) is 23.6 Å². The average Bonchev–Trinajstić information content (AvgIpc) is 3.11. The number of piperidine rings is 1. The predicted molar refractivity (Wildman–Crippen MR) is 127 cm³/mol. The molecule has 0 aliphatic carbocycles. The van der Waals surface area contributed by atoms with E-state index in [4.69, 9.17) is 20.9 Å². The lowest BCUT2D eigenvalue weighted by Gasteiger charge is -2.43. The van der Waals surface area contributed by atoms with Gasteiger partial charge in [-0.2, -0.15) is 4.98 Å². The number of imidazole rings is 1. The first-order chi connectivity index (χ1) is 15.6. The van der Waals surface area contributed by atoms with Crippen molar-refractivity contribution in [2.75, 3.05) is 25.4 Å². The van der Waals surface area contributed by atoms with Crippen LogP contribution in [-0.4, -0.2) is 62.4 Å². The highest BCUT2D eigenvalue weighted by atomic mass is 16.5. The van der Waals surface area contributed by atoms with Gasteiger partial charge in [0.15, 0.2) is 11.5 Å². The summed E-state index contributed by atoms with van der Waals surface area (Å²) in [5.74, 6) is 0.825. The predicted octanol–water partition coefficient (Wildman–Crippen LogP) is 3.04. The van der Waals surface area contributed by atoms with Crippen LogP contribution in [0.3, 0.4) is 0 Å². The second kappa shape index (κ2) is 10.5. The monoisotopic (exact) mass is 461 g/mol. The van der Waals surface area contributed by atoms with Gasteiger partial charge in [0.25, 0.3) is 0 Å². The van der Waals surface area contributed by atoms with Gasteiger partial charge >= 0.3 is 12.1 Å². The first-order valence-corrected chi connectivity index (χ1v) is 11.9. The number of anilines is 1. The Hall–Kier alpha value is -2.62. The molecule has 2 atom stereocenters. The fraction of sp³-hybridized carbons (Fsp3) is 0.739. The van der Waals surface area contributed by atoms with E-state index in [2.05, 4.69) is 47.7 Å². The molecule has 0 radical (unpaired) electrons. The maximum Gasteiger partial charge on any atom is 0.404 e. The molecule has 184 valence electrons. The molecule has 0 spiro atoms. The molecule has 3 heterocycles. The topological polar surface area (TPSA) is 134 Å². The first kappa shape index (κ1) is 25.0. The van der Waals surface area contributed by atoms with Gasteiger partial charge in [0.2, 0.25) is 0 Å². The highest BCUT2D eigenvalue weighted by molar-refractivity contribution is 5.64. The summed E-state index contributed by atoms with van der Waals surface area (Å²) in [6, 6.07) is 0.414. The summed E-state index contributed by atoms with van der Waals surface area (Å²) in [6.07, 6.45) is 6.02. The molecular weight excluding hydrogens is 422 g/mol. The number of hydrogen-bond donors (Lipinski definition) is 2. The average molecular weight is 462 g/mol. The van der Waals surface area contributed by atoms with E-state index in [0.717, 1.165) is 50.9 Å². The minimum Gasteiger partial charge on any atom is -0.459 e. The van der Waals surface area contributed by atoms with E-state index in [1.807, 2.05) is 13.1 Å². The van der Waals surface area contributed by atoms with Crippen LogP contribution in [0.4, 0.5) is 10.6 Å². The number of hydrogen-bond acceptors (Lipinski definition) is 8. The zero-order valence-electron chi connectivity index (χ0n) is 20.6. The number of ether oxygens (including phenoxy) is 2. The summed E-state index contributed by atoms with van der Waals surface area (Å²) in [5, 5.41) is 4.57. The number of amides is 1. The molecule has 1 amide bonds. The number of carbonyl (C=O) groups excluding carboxylic acids is 1. The molecule has 2 aromatic rings. The van der Waals surface area contributed by atoms with Crippen molar-refractivity contribution < 1.29 is 14.3 Å². The molecular formula is C23H39N7O3. The molecule has 33 heavy (non-hydrogen) atoms. The van der Waals surface area contributed by atoms with Crippen LogP contribution in [0.15, 0.2) is 6.20 Å². The van der Waals surface area contributed by atoms with Gasteiger partial charge in [0.1, 0.15) is 6.61 Å². The standard InChI is InChI=1S/C23H39N7O3/c1-6-7-15(2)33-22-27-19(24)20-26-13-17(30(20)28-22)12-16-8-10-29(11-9-16)18(23(3,4)5)14-32-21(25)31/h13,15-16,18H,6-12,14H2,1-5H3,(H2,25,31)(H2,24,27,28)/t15?,18-/m1/s1. The molecule has 4 N–H and O–H groups in total. The summed E-state index contributed by atoms with van der Waals surface area (Å²) < 4.78 is 12.8. The lowest BCUT2D eigenvalue weighted by atomic mass is 9.83. The van der Waals surface area contributed by atoms with Crippen LogP contribution in [0.5, 0.6) is 6.01 Å². The minimum absolute atomic E-state index is 0.0241. The number of aromatic nitrogens is 4. The number of nitrogens with zero attached hydrogens (tertiary/aromatic N) is 5. The highest BCUT2D eigenvalue weighted by Gasteiger charge is 2.34. The molecule has 10 heteroatoms. The summed E-state index contributed by atoms with van der Waals surface area (Å²) >= 11 is 0. The van der Waals surface area contributed by atoms with Crippen LogP contribution < -0.4 is 16.2 Å². The van der Waals surface area contributed by atoms with Gasteiger partial charge < -0.3 is 20.9 Å². The zero-order chi connectivity index (χ0) is 24.2. The smallest absolute Gasteiger partial charge is 0.404 e. The largest absolute Gasteiger partial charge is 0.459 e. The third-order valence-corrected chi connectivity index (χ3v) is 6.41. The van der Waals surface area contributed by atoms with Crippen molar-refractivity contribution in [3.63, 3.8) is 0 Å². The van der Waals surface area contributed by atoms with Crippen molar-refractivity contribution in [2.24, 2.45) is 17.1 Å². The van der Waals surface area contributed by atoms with E-state index in [0.29, 0.717) is 24.0 Å². The van der Waals surface area contributed by atoms with Crippen molar-refractivity contribution in [1.82, 2.24) is 24.5 Å². The Labute approximate surface area is 196 Å². The molecule has 2 aromatic heterocycles. The highest BCUT2D eigenvalue weighted by Crippen LogP contribution is 2.30. The van der Waals surface area contributed by atoms with E-state index in [1.165, 1.54) is 0 Å².